The normalized spacial score (nSPS) is 17.4. The molecule has 1 saturated carbocycles. The van der Waals surface area contributed by atoms with Crippen molar-refractivity contribution >= 4 is 17.3 Å². The molecule has 1 aliphatic rings. The third-order valence-corrected chi connectivity index (χ3v) is 4.15. The van der Waals surface area contributed by atoms with Crippen LogP contribution < -0.4 is 11.1 Å². The van der Waals surface area contributed by atoms with Gasteiger partial charge in [-0.1, -0.05) is 19.8 Å². The van der Waals surface area contributed by atoms with E-state index in [-0.39, 0.29) is 5.56 Å². The maximum atomic E-state index is 11.1. The molecule has 4 nitrogen and oxygen atoms in total. The molecule has 0 atom stereocenters. The van der Waals surface area contributed by atoms with Crippen LogP contribution in [0, 0.1) is 12.3 Å². The average Bonchev–Trinajstić information content (AvgIpc) is 2.78. The minimum atomic E-state index is -0.976. The quantitative estimate of drug-likeness (QED) is 0.728. The molecule has 0 heterocycles. The maximum Gasteiger partial charge on any atom is 0.337 e. The first kappa shape index (κ1) is 13.7. The zero-order valence-electron chi connectivity index (χ0n) is 11.6. The Bertz CT molecular complexity index is 491. The summed E-state index contributed by atoms with van der Waals surface area (Å²) in [6.45, 7) is 5.01. The van der Waals surface area contributed by atoms with Crippen LogP contribution in [-0.2, 0) is 0 Å². The monoisotopic (exact) mass is 262 g/mol. The standard InChI is InChI=1S/C15H22N2O2/c1-10-7-11(8-12(13(10)16)14(18)19)17-9-15(2)5-3-4-6-15/h7-8,17H,3-6,9,16H2,1-2H3,(H,18,19). The summed E-state index contributed by atoms with van der Waals surface area (Å²) in [5.74, 6) is -0.976. The van der Waals surface area contributed by atoms with Crippen LogP contribution in [0.2, 0.25) is 0 Å². The first-order valence-electron chi connectivity index (χ1n) is 6.79. The lowest BCUT2D eigenvalue weighted by atomic mass is 9.89. The van der Waals surface area contributed by atoms with Gasteiger partial charge in [-0.15, -0.1) is 0 Å². The van der Waals surface area contributed by atoms with E-state index in [2.05, 4.69) is 12.2 Å². The van der Waals surface area contributed by atoms with Gasteiger partial charge in [0.25, 0.3) is 0 Å². The Kier molecular flexibility index (Phi) is 3.69. The third kappa shape index (κ3) is 3.00. The smallest absolute Gasteiger partial charge is 0.337 e. The summed E-state index contributed by atoms with van der Waals surface area (Å²) in [4.78, 5) is 11.1. The van der Waals surface area contributed by atoms with Crippen LogP contribution in [0.5, 0.6) is 0 Å². The number of hydrogen-bond acceptors (Lipinski definition) is 3. The number of aromatic carboxylic acids is 1. The van der Waals surface area contributed by atoms with Gasteiger partial charge in [-0.25, -0.2) is 4.79 Å². The highest BCUT2D eigenvalue weighted by Crippen LogP contribution is 2.37. The summed E-state index contributed by atoms with van der Waals surface area (Å²) in [6, 6.07) is 3.54. The molecule has 4 heteroatoms. The van der Waals surface area contributed by atoms with Crippen molar-refractivity contribution in [2.75, 3.05) is 17.6 Å². The highest BCUT2D eigenvalue weighted by Gasteiger charge is 2.28. The first-order valence-corrected chi connectivity index (χ1v) is 6.79. The fraction of sp³-hybridized carbons (Fsp3) is 0.533. The molecule has 0 aromatic heterocycles. The third-order valence-electron chi connectivity index (χ3n) is 4.15. The van der Waals surface area contributed by atoms with Gasteiger partial charge in [-0.3, -0.25) is 0 Å². The largest absolute Gasteiger partial charge is 0.478 e. The van der Waals surface area contributed by atoms with Crippen molar-refractivity contribution in [3.63, 3.8) is 0 Å². The van der Waals surface area contributed by atoms with E-state index in [0.29, 0.717) is 11.1 Å². The zero-order valence-corrected chi connectivity index (χ0v) is 11.6. The van der Waals surface area contributed by atoms with Gasteiger partial charge in [0.05, 0.1) is 5.56 Å². The van der Waals surface area contributed by atoms with Crippen molar-refractivity contribution in [2.45, 2.75) is 39.5 Å². The molecular formula is C15H22N2O2. The Morgan fingerprint density at radius 3 is 2.63 bits per heavy atom. The molecule has 4 N–H and O–H groups in total. The van der Waals surface area contributed by atoms with Gasteiger partial charge in [0.15, 0.2) is 0 Å². The molecule has 0 amide bonds. The van der Waals surface area contributed by atoms with Crippen molar-refractivity contribution in [3.8, 4) is 0 Å². The molecular weight excluding hydrogens is 240 g/mol. The molecule has 0 radical (unpaired) electrons. The summed E-state index contributed by atoms with van der Waals surface area (Å²) in [7, 11) is 0. The van der Waals surface area contributed by atoms with E-state index in [4.69, 9.17) is 10.8 Å². The van der Waals surface area contributed by atoms with Gasteiger partial charge in [-0.05, 0) is 42.9 Å². The van der Waals surface area contributed by atoms with Gasteiger partial charge in [-0.2, -0.15) is 0 Å². The zero-order chi connectivity index (χ0) is 14.0. The number of carboxylic acid groups (broad SMARTS) is 1. The van der Waals surface area contributed by atoms with Crippen LogP contribution in [0.1, 0.15) is 48.5 Å². The molecule has 1 aromatic carbocycles. The average molecular weight is 262 g/mol. The van der Waals surface area contributed by atoms with Crippen LogP contribution in [0.25, 0.3) is 0 Å². The number of nitrogen functional groups attached to an aromatic ring is 1. The van der Waals surface area contributed by atoms with Gasteiger partial charge in [0.2, 0.25) is 0 Å². The second kappa shape index (κ2) is 5.11. The molecule has 2 rings (SSSR count). The Balaban J connectivity index is 2.14. The molecule has 1 aromatic rings. The summed E-state index contributed by atoms with van der Waals surface area (Å²) in [5, 5.41) is 12.5. The number of hydrogen-bond donors (Lipinski definition) is 3. The summed E-state index contributed by atoms with van der Waals surface area (Å²) in [6.07, 6.45) is 5.05. The number of nitrogens with two attached hydrogens (primary N) is 1. The summed E-state index contributed by atoms with van der Waals surface area (Å²) < 4.78 is 0. The van der Waals surface area contributed by atoms with Crippen LogP contribution in [-0.4, -0.2) is 17.6 Å². The van der Waals surface area contributed by atoms with Crippen LogP contribution >= 0.6 is 0 Å². The highest BCUT2D eigenvalue weighted by molar-refractivity contribution is 5.95. The van der Waals surface area contributed by atoms with Crippen LogP contribution in [0.4, 0.5) is 11.4 Å². The maximum absolute atomic E-state index is 11.1. The lowest BCUT2D eigenvalue weighted by Gasteiger charge is -2.24. The molecule has 0 unspecified atom stereocenters. The topological polar surface area (TPSA) is 75.3 Å². The van der Waals surface area contributed by atoms with E-state index < -0.39 is 5.97 Å². The summed E-state index contributed by atoms with van der Waals surface area (Å²) >= 11 is 0. The fourth-order valence-electron chi connectivity index (χ4n) is 2.80. The van der Waals surface area contributed by atoms with Gasteiger partial charge in [0, 0.05) is 17.9 Å². The van der Waals surface area contributed by atoms with Gasteiger partial charge < -0.3 is 16.2 Å². The molecule has 0 saturated heterocycles. The van der Waals surface area contributed by atoms with Gasteiger partial charge >= 0.3 is 5.97 Å². The first-order chi connectivity index (χ1) is 8.91. The Hall–Kier alpha value is -1.71. The fourth-order valence-corrected chi connectivity index (χ4v) is 2.80. The predicted molar refractivity (Wildman–Crippen MR) is 77.6 cm³/mol. The number of carbonyl (C=O) groups is 1. The SMILES string of the molecule is Cc1cc(NCC2(C)CCCC2)cc(C(=O)O)c1N. The Morgan fingerprint density at radius 2 is 2.05 bits per heavy atom. The number of rotatable bonds is 4. The molecule has 0 spiro atoms. The molecule has 19 heavy (non-hydrogen) atoms. The van der Waals surface area contributed by atoms with Gasteiger partial charge in [0.1, 0.15) is 0 Å². The number of carboxylic acids is 1. The number of anilines is 2. The van der Waals surface area contributed by atoms with E-state index in [1.165, 1.54) is 25.7 Å². The number of benzene rings is 1. The highest BCUT2D eigenvalue weighted by atomic mass is 16.4. The Morgan fingerprint density at radius 1 is 1.42 bits per heavy atom. The van der Waals surface area contributed by atoms with E-state index in [1.54, 1.807) is 6.07 Å². The van der Waals surface area contributed by atoms with E-state index in [9.17, 15) is 4.79 Å². The van der Waals surface area contributed by atoms with Crippen molar-refractivity contribution in [1.29, 1.82) is 0 Å². The molecule has 104 valence electrons. The number of nitrogens with one attached hydrogen (secondary N) is 1. The minimum absolute atomic E-state index is 0.180. The minimum Gasteiger partial charge on any atom is -0.478 e. The van der Waals surface area contributed by atoms with Crippen molar-refractivity contribution in [3.05, 3.63) is 23.3 Å². The van der Waals surface area contributed by atoms with Crippen molar-refractivity contribution < 1.29 is 9.90 Å². The predicted octanol–water partition coefficient (Wildman–Crippen LogP) is 3.27. The van der Waals surface area contributed by atoms with E-state index >= 15 is 0 Å². The molecule has 0 aliphatic heterocycles. The molecule has 1 fully saturated rings. The van der Waals surface area contributed by atoms with Crippen LogP contribution in [0.3, 0.4) is 0 Å². The van der Waals surface area contributed by atoms with Crippen molar-refractivity contribution in [1.82, 2.24) is 0 Å². The second-order valence-electron chi connectivity index (χ2n) is 5.93. The van der Waals surface area contributed by atoms with Crippen LogP contribution in [0.15, 0.2) is 12.1 Å². The lowest BCUT2D eigenvalue weighted by molar-refractivity contribution is 0.0698. The van der Waals surface area contributed by atoms with E-state index in [1.807, 2.05) is 13.0 Å². The Labute approximate surface area is 114 Å². The molecule has 0 bridgehead atoms. The lowest BCUT2D eigenvalue weighted by Crippen LogP contribution is -2.23. The second-order valence-corrected chi connectivity index (χ2v) is 5.93. The summed E-state index contributed by atoms with van der Waals surface area (Å²) in [5.41, 5.74) is 8.30. The van der Waals surface area contributed by atoms with Crippen molar-refractivity contribution in [2.24, 2.45) is 5.41 Å². The molecule has 1 aliphatic carbocycles. The van der Waals surface area contributed by atoms with E-state index in [0.717, 1.165) is 17.8 Å². The number of aryl methyl sites for hydroxylation is 1.